The van der Waals surface area contributed by atoms with E-state index in [2.05, 4.69) is 0 Å². The summed E-state index contributed by atoms with van der Waals surface area (Å²) in [5, 5.41) is 33.8. The van der Waals surface area contributed by atoms with E-state index in [1.54, 1.807) is 0 Å². The smallest absolute Gasteiger partial charge is 1.00 e. The largest absolute Gasteiger partial charge is 1.00 e. The van der Waals surface area contributed by atoms with Crippen molar-refractivity contribution >= 4 is 17.9 Å². The average Bonchev–Trinajstić information content (AvgIpc) is 1.82. The molecule has 7 nitrogen and oxygen atoms in total. The summed E-state index contributed by atoms with van der Waals surface area (Å²) in [5.74, 6) is -5.02. The van der Waals surface area contributed by atoms with Crippen molar-refractivity contribution in [1.82, 2.24) is 0 Å². The van der Waals surface area contributed by atoms with Gasteiger partial charge in [-0.05, 0) is 0 Å². The van der Waals surface area contributed by atoms with E-state index in [0.29, 0.717) is 0 Å². The van der Waals surface area contributed by atoms with Crippen LogP contribution in [0.5, 0.6) is 0 Å². The van der Waals surface area contributed by atoms with Crippen LogP contribution in [0.15, 0.2) is 0 Å². The zero-order valence-corrected chi connectivity index (χ0v) is 31.2. The molecule has 0 rings (SSSR count). The van der Waals surface area contributed by atoms with Gasteiger partial charge in [0, 0.05) is 0 Å². The number of carboxylic acids is 3. The van der Waals surface area contributed by atoms with E-state index in [0.717, 1.165) is 0 Å². The number of rotatable bonds is 5. The van der Waals surface area contributed by atoms with Crippen molar-refractivity contribution in [2.45, 2.75) is 18.4 Å². The zero-order valence-electron chi connectivity index (χ0n) is 18.4. The van der Waals surface area contributed by atoms with Gasteiger partial charge < -0.3 is 29.0 Å². The Balaban J connectivity index is -0.0000000109. The van der Waals surface area contributed by atoms with Gasteiger partial charge in [-0.1, -0.05) is 0 Å². The maximum atomic E-state index is 10.3. The minimum absolute atomic E-state index is 0. The summed E-state index contributed by atoms with van der Waals surface area (Å²) in [7, 11) is 0. The van der Waals surface area contributed by atoms with Gasteiger partial charge >= 0.3 is 326 Å². The SMILES string of the molecule is O=C(O)CC(O)(CC(=O)O)C(=O)O.[H-].[H-].[H-].[H-].[H-].[H-].[K+].[K+].[K+].[K+].[K+].[K+]. The molecule has 86 valence electrons. The molecule has 19 heavy (non-hydrogen) atoms. The summed E-state index contributed by atoms with van der Waals surface area (Å²) in [5.41, 5.74) is -2.74. The first kappa shape index (κ1) is 45.8. The maximum Gasteiger partial charge on any atom is 1.00 e. The fraction of sp³-hybridized carbons (Fsp3) is 0.500. The number of aliphatic hydroxyl groups is 1. The summed E-state index contributed by atoms with van der Waals surface area (Å²) in [6, 6.07) is 0. The first-order valence-corrected chi connectivity index (χ1v) is 3.17. The molecule has 0 heterocycles. The molecule has 0 bridgehead atoms. The topological polar surface area (TPSA) is 132 Å². The molecule has 0 saturated carbocycles. The van der Waals surface area contributed by atoms with Gasteiger partial charge in [0.1, 0.15) is 0 Å². The van der Waals surface area contributed by atoms with Gasteiger partial charge in [0.15, 0.2) is 5.60 Å². The summed E-state index contributed by atoms with van der Waals surface area (Å²) < 4.78 is 0. The molecular weight excluding hydrogens is 419 g/mol. The van der Waals surface area contributed by atoms with E-state index in [1.165, 1.54) is 0 Å². The minimum atomic E-state index is -2.74. The fourth-order valence-electron chi connectivity index (χ4n) is 0.714. The van der Waals surface area contributed by atoms with Gasteiger partial charge in [0.2, 0.25) is 0 Å². The molecule has 0 aromatic heterocycles. The molecule has 0 amide bonds. The third-order valence-electron chi connectivity index (χ3n) is 1.29. The van der Waals surface area contributed by atoms with Crippen LogP contribution >= 0.6 is 0 Å². The standard InChI is InChI=1S/C6H8O7.6K.6H/c7-3(8)1-6(13,5(11)12)2-4(9)10;;;;;;;;;;;;/h13H,1-2H2,(H,7,8)(H,9,10)(H,11,12);;;;;;;;;;;;/q;6*+1;6*-1. The molecule has 13 heteroatoms. The molecule has 0 fully saturated rings. The van der Waals surface area contributed by atoms with Gasteiger partial charge in [-0.2, -0.15) is 0 Å². The van der Waals surface area contributed by atoms with E-state index in [-0.39, 0.29) is 317 Å². The molecule has 0 aromatic rings. The van der Waals surface area contributed by atoms with E-state index < -0.39 is 36.4 Å². The Morgan fingerprint density at radius 2 is 0.947 bits per heavy atom. The van der Waals surface area contributed by atoms with Gasteiger partial charge in [-0.3, -0.25) is 9.59 Å². The number of hydrogen-bond acceptors (Lipinski definition) is 4. The number of carboxylic acid groups (broad SMARTS) is 3. The third kappa shape index (κ3) is 26.2. The fourth-order valence-corrected chi connectivity index (χ4v) is 0.714. The van der Waals surface area contributed by atoms with E-state index in [9.17, 15) is 14.4 Å². The molecule has 0 aliphatic carbocycles. The number of carbonyl (C=O) groups is 3. The van der Waals surface area contributed by atoms with E-state index in [1.807, 2.05) is 0 Å². The Kier molecular flexibility index (Phi) is 63.1. The maximum absolute atomic E-state index is 10.3. The van der Waals surface area contributed by atoms with Gasteiger partial charge in [0.25, 0.3) is 0 Å². The Labute approximate surface area is 375 Å². The van der Waals surface area contributed by atoms with Crippen LogP contribution in [-0.2, 0) is 14.4 Å². The van der Waals surface area contributed by atoms with Crippen LogP contribution in [0, 0.1) is 0 Å². The second-order valence-corrected chi connectivity index (χ2v) is 2.48. The van der Waals surface area contributed by atoms with Crippen molar-refractivity contribution in [1.29, 1.82) is 0 Å². The third-order valence-corrected chi connectivity index (χ3v) is 1.29. The first-order valence-electron chi connectivity index (χ1n) is 3.17. The van der Waals surface area contributed by atoms with Crippen LogP contribution in [0.2, 0.25) is 0 Å². The predicted molar refractivity (Wildman–Crippen MR) is 43.8 cm³/mol. The predicted octanol–water partition coefficient (Wildman–Crippen LogP) is -18.5. The quantitative estimate of drug-likeness (QED) is 0.317. The van der Waals surface area contributed by atoms with E-state index in [4.69, 9.17) is 20.4 Å². The molecule has 0 aliphatic heterocycles. The number of aliphatic carboxylic acids is 3. The Bertz CT molecular complexity index is 264. The monoisotopic (exact) mass is 432 g/mol. The van der Waals surface area contributed by atoms with Crippen molar-refractivity contribution in [3.8, 4) is 0 Å². The Hall–Kier alpha value is 8.19. The van der Waals surface area contributed by atoms with Crippen molar-refractivity contribution in [3.63, 3.8) is 0 Å². The average molecular weight is 433 g/mol. The normalized spacial score (nSPS) is 7.42. The number of hydrogen-bond donors (Lipinski definition) is 4. The van der Waals surface area contributed by atoms with Gasteiger partial charge in [-0.15, -0.1) is 0 Å². The Morgan fingerprint density at radius 3 is 1.05 bits per heavy atom. The summed E-state index contributed by atoms with van der Waals surface area (Å²) in [6.45, 7) is 0. The van der Waals surface area contributed by atoms with Crippen molar-refractivity contribution in [2.75, 3.05) is 0 Å². The van der Waals surface area contributed by atoms with Crippen molar-refractivity contribution < 1.29 is 352 Å². The molecule has 4 N–H and O–H groups in total. The zero-order chi connectivity index (χ0) is 10.6. The second kappa shape index (κ2) is 26.2. The first-order chi connectivity index (χ1) is 5.78. The molecule has 0 atom stereocenters. The molecule has 0 aliphatic rings. The second-order valence-electron chi connectivity index (χ2n) is 2.48. The molecule has 0 aromatic carbocycles. The molecule has 0 unspecified atom stereocenters. The van der Waals surface area contributed by atoms with Crippen LogP contribution < -0.4 is 308 Å². The summed E-state index contributed by atoms with van der Waals surface area (Å²) in [6.07, 6.45) is -2.29. The molecule has 0 spiro atoms. The van der Waals surface area contributed by atoms with Crippen LogP contribution in [0.1, 0.15) is 21.4 Å². The van der Waals surface area contributed by atoms with Crippen LogP contribution in [-0.4, -0.2) is 43.9 Å². The van der Waals surface area contributed by atoms with Crippen molar-refractivity contribution in [3.05, 3.63) is 0 Å². The van der Waals surface area contributed by atoms with Crippen molar-refractivity contribution in [2.24, 2.45) is 0 Å². The van der Waals surface area contributed by atoms with E-state index >= 15 is 0 Å². The summed E-state index contributed by atoms with van der Waals surface area (Å²) >= 11 is 0. The Morgan fingerprint density at radius 1 is 0.737 bits per heavy atom. The summed E-state index contributed by atoms with van der Waals surface area (Å²) in [4.78, 5) is 30.5. The van der Waals surface area contributed by atoms with Gasteiger partial charge in [0.05, 0.1) is 12.8 Å². The van der Waals surface area contributed by atoms with Gasteiger partial charge in [-0.25, -0.2) is 4.79 Å². The van der Waals surface area contributed by atoms with Crippen LogP contribution in [0.4, 0.5) is 0 Å². The van der Waals surface area contributed by atoms with Crippen LogP contribution in [0.25, 0.3) is 0 Å². The molecule has 0 radical (unpaired) electrons. The minimum Gasteiger partial charge on any atom is -1.00 e. The molecular formula is C6H14K6O7. The molecule has 0 saturated heterocycles. The van der Waals surface area contributed by atoms with Crippen LogP contribution in [0.3, 0.4) is 0 Å².